The lowest BCUT2D eigenvalue weighted by atomic mass is 10.1. The molecule has 1 heterocycles. The number of nitriles is 1. The molecule has 0 bridgehead atoms. The fraction of sp³-hybridized carbons (Fsp3) is 0.174. The van der Waals surface area contributed by atoms with Crippen LogP contribution in [0.1, 0.15) is 16.7 Å². The number of benzene rings is 2. The van der Waals surface area contributed by atoms with Crippen molar-refractivity contribution in [1.82, 2.24) is 15.5 Å². The van der Waals surface area contributed by atoms with Gasteiger partial charge in [-0.05, 0) is 36.8 Å². The average Bonchev–Trinajstić information content (AvgIpc) is 3.24. The predicted octanol–water partition coefficient (Wildman–Crippen LogP) is 3.63. The van der Waals surface area contributed by atoms with Crippen molar-refractivity contribution in [3.05, 3.63) is 70.9 Å². The van der Waals surface area contributed by atoms with Gasteiger partial charge in [-0.25, -0.2) is 0 Å². The van der Waals surface area contributed by atoms with Crippen LogP contribution in [-0.2, 0) is 11.3 Å². The summed E-state index contributed by atoms with van der Waals surface area (Å²) in [6.45, 7) is 2.34. The average molecular weight is 402 g/mol. The van der Waals surface area contributed by atoms with Crippen molar-refractivity contribution in [2.24, 2.45) is 0 Å². The zero-order chi connectivity index (χ0) is 21.5. The van der Waals surface area contributed by atoms with E-state index < -0.39 is 5.91 Å². The van der Waals surface area contributed by atoms with Gasteiger partial charge in [0, 0.05) is 17.7 Å². The lowest BCUT2D eigenvalue weighted by Gasteiger charge is -2.09. The Balaban J connectivity index is 1.82. The van der Waals surface area contributed by atoms with Gasteiger partial charge in [-0.1, -0.05) is 29.8 Å². The highest BCUT2D eigenvalue weighted by Crippen LogP contribution is 2.33. The number of hydrogen-bond donors (Lipinski definition) is 2. The first-order valence-corrected chi connectivity index (χ1v) is 9.27. The SMILES string of the molecule is COc1ccc(-c2[nH]ncc2/C=C(/C#N)C(=O)NCc2ccc(C)cc2)cc1OC. The molecule has 0 radical (unpaired) electrons. The molecule has 0 atom stereocenters. The van der Waals surface area contributed by atoms with E-state index in [0.717, 1.165) is 16.7 Å². The number of aromatic amines is 1. The number of nitrogens with one attached hydrogen (secondary N) is 2. The summed E-state index contributed by atoms with van der Waals surface area (Å²) >= 11 is 0. The summed E-state index contributed by atoms with van der Waals surface area (Å²) < 4.78 is 10.6. The molecule has 2 aromatic carbocycles. The Morgan fingerprint density at radius 3 is 2.57 bits per heavy atom. The number of ether oxygens (including phenoxy) is 2. The van der Waals surface area contributed by atoms with E-state index >= 15 is 0 Å². The number of aromatic nitrogens is 2. The van der Waals surface area contributed by atoms with Crippen LogP contribution in [0.5, 0.6) is 11.5 Å². The second-order valence-electron chi connectivity index (χ2n) is 6.61. The summed E-state index contributed by atoms with van der Waals surface area (Å²) in [5, 5.41) is 19.2. The first kappa shape index (κ1) is 20.7. The number of amides is 1. The Morgan fingerprint density at radius 1 is 1.17 bits per heavy atom. The van der Waals surface area contributed by atoms with Crippen LogP contribution in [0.3, 0.4) is 0 Å². The highest BCUT2D eigenvalue weighted by molar-refractivity contribution is 6.02. The van der Waals surface area contributed by atoms with E-state index in [2.05, 4.69) is 15.5 Å². The molecule has 0 saturated heterocycles. The number of rotatable bonds is 7. The largest absolute Gasteiger partial charge is 0.493 e. The van der Waals surface area contributed by atoms with E-state index in [1.54, 1.807) is 32.5 Å². The Bertz CT molecular complexity index is 1110. The number of carbonyl (C=O) groups excluding carboxylic acids is 1. The van der Waals surface area contributed by atoms with E-state index in [1.807, 2.05) is 43.3 Å². The van der Waals surface area contributed by atoms with Crippen LogP contribution in [0, 0.1) is 18.3 Å². The van der Waals surface area contributed by atoms with Gasteiger partial charge < -0.3 is 14.8 Å². The molecule has 0 aliphatic heterocycles. The molecule has 0 saturated carbocycles. The molecule has 152 valence electrons. The minimum Gasteiger partial charge on any atom is -0.493 e. The molecule has 0 aliphatic rings. The smallest absolute Gasteiger partial charge is 0.262 e. The lowest BCUT2D eigenvalue weighted by Crippen LogP contribution is -2.23. The van der Waals surface area contributed by atoms with Gasteiger partial charge in [0.05, 0.1) is 26.1 Å². The van der Waals surface area contributed by atoms with E-state index in [0.29, 0.717) is 29.3 Å². The van der Waals surface area contributed by atoms with Gasteiger partial charge in [0.25, 0.3) is 5.91 Å². The number of H-pyrrole nitrogens is 1. The summed E-state index contributed by atoms with van der Waals surface area (Å²) in [4.78, 5) is 12.5. The number of aryl methyl sites for hydroxylation is 1. The molecule has 0 aliphatic carbocycles. The first-order valence-electron chi connectivity index (χ1n) is 9.27. The minimum atomic E-state index is -0.447. The second-order valence-corrected chi connectivity index (χ2v) is 6.61. The van der Waals surface area contributed by atoms with Crippen LogP contribution in [0.15, 0.2) is 54.2 Å². The summed E-state index contributed by atoms with van der Waals surface area (Å²) in [5.74, 6) is 0.722. The number of methoxy groups -OCH3 is 2. The zero-order valence-electron chi connectivity index (χ0n) is 17.0. The van der Waals surface area contributed by atoms with Crippen LogP contribution in [-0.4, -0.2) is 30.3 Å². The second kappa shape index (κ2) is 9.43. The third-order valence-corrected chi connectivity index (χ3v) is 4.58. The third-order valence-electron chi connectivity index (χ3n) is 4.58. The Kier molecular flexibility index (Phi) is 6.50. The van der Waals surface area contributed by atoms with Crippen molar-refractivity contribution in [3.63, 3.8) is 0 Å². The van der Waals surface area contributed by atoms with Crippen molar-refractivity contribution in [1.29, 1.82) is 5.26 Å². The maximum atomic E-state index is 12.5. The monoisotopic (exact) mass is 402 g/mol. The minimum absolute atomic E-state index is 0.00904. The Labute approximate surface area is 175 Å². The molecule has 7 heteroatoms. The summed E-state index contributed by atoms with van der Waals surface area (Å²) in [7, 11) is 3.12. The Morgan fingerprint density at radius 2 is 1.90 bits per heavy atom. The molecule has 0 fully saturated rings. The number of nitrogens with zero attached hydrogens (tertiary/aromatic N) is 2. The van der Waals surface area contributed by atoms with E-state index in [4.69, 9.17) is 9.47 Å². The molecule has 30 heavy (non-hydrogen) atoms. The molecule has 0 unspecified atom stereocenters. The van der Waals surface area contributed by atoms with Gasteiger partial charge >= 0.3 is 0 Å². The van der Waals surface area contributed by atoms with E-state index in [9.17, 15) is 10.1 Å². The lowest BCUT2D eigenvalue weighted by molar-refractivity contribution is -0.117. The van der Waals surface area contributed by atoms with Gasteiger partial charge in [-0.15, -0.1) is 0 Å². The standard InChI is InChI=1S/C23H22N4O3/c1-15-4-6-16(7-5-15)13-25-23(28)18(12-24)10-19-14-26-27-22(19)17-8-9-20(29-2)21(11-17)30-3/h4-11,14H,13H2,1-3H3,(H,25,28)(H,26,27)/b18-10-. The van der Waals surface area contributed by atoms with Gasteiger partial charge in [-0.2, -0.15) is 10.4 Å². The van der Waals surface area contributed by atoms with Crippen LogP contribution < -0.4 is 14.8 Å². The molecule has 0 spiro atoms. The van der Waals surface area contributed by atoms with Crippen molar-refractivity contribution < 1.29 is 14.3 Å². The summed E-state index contributed by atoms with van der Waals surface area (Å²) in [5.41, 5.74) is 4.16. The van der Waals surface area contributed by atoms with E-state index in [-0.39, 0.29) is 5.57 Å². The molecule has 7 nitrogen and oxygen atoms in total. The topological polar surface area (TPSA) is 100 Å². The highest BCUT2D eigenvalue weighted by Gasteiger charge is 2.14. The normalized spacial score (nSPS) is 10.9. The van der Waals surface area contributed by atoms with Crippen molar-refractivity contribution in [3.8, 4) is 28.8 Å². The molecule has 1 aromatic heterocycles. The molecule has 3 rings (SSSR count). The molecule has 2 N–H and O–H groups in total. The Hall–Kier alpha value is -4.05. The first-order chi connectivity index (χ1) is 14.5. The van der Waals surface area contributed by atoms with Crippen LogP contribution >= 0.6 is 0 Å². The molecule has 1 amide bonds. The van der Waals surface area contributed by atoms with Gasteiger partial charge in [0.1, 0.15) is 11.6 Å². The fourth-order valence-corrected chi connectivity index (χ4v) is 2.92. The van der Waals surface area contributed by atoms with Crippen LogP contribution in [0.25, 0.3) is 17.3 Å². The van der Waals surface area contributed by atoms with Gasteiger partial charge in [0.2, 0.25) is 0 Å². The van der Waals surface area contributed by atoms with Crippen molar-refractivity contribution in [2.75, 3.05) is 14.2 Å². The maximum absolute atomic E-state index is 12.5. The van der Waals surface area contributed by atoms with Crippen molar-refractivity contribution in [2.45, 2.75) is 13.5 Å². The molecular weight excluding hydrogens is 380 g/mol. The fourth-order valence-electron chi connectivity index (χ4n) is 2.92. The molecule has 3 aromatic rings. The summed E-state index contributed by atoms with van der Waals surface area (Å²) in [6, 6.07) is 15.2. The maximum Gasteiger partial charge on any atom is 0.262 e. The van der Waals surface area contributed by atoms with Crippen LogP contribution in [0.4, 0.5) is 0 Å². The van der Waals surface area contributed by atoms with Crippen molar-refractivity contribution >= 4 is 12.0 Å². The van der Waals surface area contributed by atoms with E-state index in [1.165, 1.54) is 6.08 Å². The third kappa shape index (κ3) is 4.67. The van der Waals surface area contributed by atoms with Gasteiger partial charge in [0.15, 0.2) is 11.5 Å². The number of hydrogen-bond acceptors (Lipinski definition) is 5. The van der Waals surface area contributed by atoms with Gasteiger partial charge in [-0.3, -0.25) is 9.89 Å². The predicted molar refractivity (Wildman–Crippen MR) is 114 cm³/mol. The highest BCUT2D eigenvalue weighted by atomic mass is 16.5. The molecular formula is C23H22N4O3. The zero-order valence-corrected chi connectivity index (χ0v) is 17.0. The number of carbonyl (C=O) groups is 1. The quantitative estimate of drug-likeness (QED) is 0.464. The van der Waals surface area contributed by atoms with Crippen LogP contribution in [0.2, 0.25) is 0 Å². The summed E-state index contributed by atoms with van der Waals surface area (Å²) in [6.07, 6.45) is 3.08.